The number of hydrogen-bond donors (Lipinski definition) is 0. The van der Waals surface area contributed by atoms with Crippen molar-refractivity contribution in [2.45, 2.75) is 245 Å². The highest BCUT2D eigenvalue weighted by atomic mass is 16.6. The van der Waals surface area contributed by atoms with E-state index in [0.29, 0.717) is 19.3 Å². The second kappa shape index (κ2) is 49.5. The Morgan fingerprint density at radius 3 is 1.07 bits per heavy atom. The minimum Gasteiger partial charge on any atom is -0.462 e. The normalized spacial score (nSPS) is 12.6. The van der Waals surface area contributed by atoms with Gasteiger partial charge in [0.05, 0.1) is 0 Å². The Labute approximate surface area is 376 Å². The lowest BCUT2D eigenvalue weighted by atomic mass is 10.1. The van der Waals surface area contributed by atoms with Crippen LogP contribution in [-0.2, 0) is 28.6 Å². The van der Waals surface area contributed by atoms with Crippen molar-refractivity contribution in [1.29, 1.82) is 0 Å². The summed E-state index contributed by atoms with van der Waals surface area (Å²) in [5.74, 6) is -0.969. The summed E-state index contributed by atoms with van der Waals surface area (Å²) in [7, 11) is 0. The number of rotatable bonds is 45. The van der Waals surface area contributed by atoms with Crippen LogP contribution in [0.2, 0.25) is 0 Å². The number of carbonyl (C=O) groups is 3. The molecule has 0 aliphatic carbocycles. The van der Waals surface area contributed by atoms with Crippen LogP contribution in [0, 0.1) is 0 Å². The number of esters is 3. The second-order valence-corrected chi connectivity index (χ2v) is 16.7. The fourth-order valence-corrected chi connectivity index (χ4v) is 6.88. The third kappa shape index (κ3) is 47.7. The van der Waals surface area contributed by atoms with Crippen LogP contribution in [0.15, 0.2) is 72.9 Å². The van der Waals surface area contributed by atoms with Crippen LogP contribution in [0.5, 0.6) is 0 Å². The molecular formula is C55H94O6. The molecule has 0 N–H and O–H groups in total. The van der Waals surface area contributed by atoms with Crippen LogP contribution in [0.1, 0.15) is 239 Å². The predicted octanol–water partition coefficient (Wildman–Crippen LogP) is 16.6. The summed E-state index contributed by atoms with van der Waals surface area (Å²) in [6.45, 7) is 6.45. The van der Waals surface area contributed by atoms with Gasteiger partial charge in [-0.25, -0.2) is 0 Å². The molecule has 0 aromatic heterocycles. The van der Waals surface area contributed by atoms with Crippen molar-refractivity contribution < 1.29 is 28.6 Å². The highest BCUT2D eigenvalue weighted by Gasteiger charge is 2.19. The first kappa shape index (κ1) is 57.9. The maximum Gasteiger partial charge on any atom is 0.306 e. The van der Waals surface area contributed by atoms with E-state index in [2.05, 4.69) is 93.7 Å². The molecule has 0 rings (SSSR count). The van der Waals surface area contributed by atoms with Crippen molar-refractivity contribution in [3.8, 4) is 0 Å². The van der Waals surface area contributed by atoms with E-state index in [1.54, 1.807) is 0 Å². The van der Waals surface area contributed by atoms with Crippen LogP contribution in [0.4, 0.5) is 0 Å². The topological polar surface area (TPSA) is 78.9 Å². The molecule has 0 radical (unpaired) electrons. The Morgan fingerprint density at radius 2 is 0.656 bits per heavy atom. The first-order valence-electron chi connectivity index (χ1n) is 25.4. The van der Waals surface area contributed by atoms with Crippen molar-refractivity contribution in [2.75, 3.05) is 13.2 Å². The lowest BCUT2D eigenvalue weighted by molar-refractivity contribution is -0.167. The summed E-state index contributed by atoms with van der Waals surface area (Å²) >= 11 is 0. The molecule has 0 heterocycles. The highest BCUT2D eigenvalue weighted by Crippen LogP contribution is 2.14. The van der Waals surface area contributed by atoms with Gasteiger partial charge in [-0.2, -0.15) is 0 Å². The number of hydrogen-bond acceptors (Lipinski definition) is 6. The Morgan fingerprint density at radius 1 is 0.344 bits per heavy atom. The minimum absolute atomic E-state index is 0.0970. The van der Waals surface area contributed by atoms with Crippen molar-refractivity contribution >= 4 is 17.9 Å². The van der Waals surface area contributed by atoms with Gasteiger partial charge in [0.25, 0.3) is 0 Å². The second-order valence-electron chi connectivity index (χ2n) is 16.7. The summed E-state index contributed by atoms with van der Waals surface area (Å²) in [6.07, 6.45) is 61.7. The molecule has 0 aliphatic rings. The van der Waals surface area contributed by atoms with Gasteiger partial charge in [0.2, 0.25) is 0 Å². The zero-order chi connectivity index (χ0) is 44.4. The first-order chi connectivity index (χ1) is 30.0. The van der Waals surface area contributed by atoms with E-state index in [9.17, 15) is 14.4 Å². The Balaban J connectivity index is 4.47. The Hall–Kier alpha value is -3.15. The van der Waals surface area contributed by atoms with Gasteiger partial charge in [0.1, 0.15) is 13.2 Å². The van der Waals surface area contributed by atoms with E-state index in [1.165, 1.54) is 96.3 Å². The molecule has 0 spiro atoms. The average Bonchev–Trinajstić information content (AvgIpc) is 3.26. The standard InChI is InChI=1S/C55H94O6/c1-4-7-10-13-16-19-22-24-26-27-29-30-33-36-39-42-45-48-54(57)60-51-52(50-59-53(56)47-44-41-38-35-32-21-18-15-12-9-6-3)61-55(58)49-46-43-40-37-34-31-28-25-23-20-17-14-11-8-5-2/h8,11,17,20,24-26,28-30,36,39,52H,4-7,9-10,12-16,18-19,21-23,27,31-35,37-38,40-51H2,1-3H3/b11-8-,20-17-,26-24-,28-25-,30-29-,39-36-/t52-/m0/s1. The first-order valence-corrected chi connectivity index (χ1v) is 25.4. The monoisotopic (exact) mass is 851 g/mol. The van der Waals surface area contributed by atoms with E-state index in [1.807, 2.05) is 0 Å². The van der Waals surface area contributed by atoms with Gasteiger partial charge < -0.3 is 14.2 Å². The quantitative estimate of drug-likeness (QED) is 0.0263. The van der Waals surface area contributed by atoms with Gasteiger partial charge >= 0.3 is 17.9 Å². The molecule has 0 aromatic carbocycles. The Kier molecular flexibility index (Phi) is 46.9. The largest absolute Gasteiger partial charge is 0.462 e. The van der Waals surface area contributed by atoms with Crippen LogP contribution in [0.3, 0.4) is 0 Å². The molecule has 0 aromatic rings. The van der Waals surface area contributed by atoms with Crippen LogP contribution >= 0.6 is 0 Å². The van der Waals surface area contributed by atoms with Crippen molar-refractivity contribution in [1.82, 2.24) is 0 Å². The third-order valence-electron chi connectivity index (χ3n) is 10.7. The van der Waals surface area contributed by atoms with E-state index < -0.39 is 6.10 Å². The van der Waals surface area contributed by atoms with E-state index in [4.69, 9.17) is 14.2 Å². The SMILES string of the molecule is CC/C=C\C/C=C\C/C=C\CCCCCCCC(=O)O[C@H](COC(=O)CCC/C=C\C/C=C\C/C=C\CCCCCCCC)COC(=O)CCCCCCCCCCCCC. The van der Waals surface area contributed by atoms with Crippen molar-refractivity contribution in [3.05, 3.63) is 72.9 Å². The van der Waals surface area contributed by atoms with Gasteiger partial charge in [-0.15, -0.1) is 0 Å². The predicted molar refractivity (Wildman–Crippen MR) is 261 cm³/mol. The molecule has 0 saturated carbocycles. The summed E-state index contributed by atoms with van der Waals surface area (Å²) in [6, 6.07) is 0. The molecule has 0 aliphatic heterocycles. The molecule has 0 amide bonds. The molecule has 350 valence electrons. The maximum absolute atomic E-state index is 12.8. The molecular weight excluding hydrogens is 757 g/mol. The number of carbonyl (C=O) groups excluding carboxylic acids is 3. The van der Waals surface area contributed by atoms with Crippen molar-refractivity contribution in [2.24, 2.45) is 0 Å². The fourth-order valence-electron chi connectivity index (χ4n) is 6.88. The summed E-state index contributed by atoms with van der Waals surface area (Å²) in [5, 5.41) is 0. The van der Waals surface area contributed by atoms with Crippen LogP contribution in [-0.4, -0.2) is 37.2 Å². The molecule has 0 saturated heterocycles. The minimum atomic E-state index is -0.802. The molecule has 1 atom stereocenters. The van der Waals surface area contributed by atoms with Crippen LogP contribution < -0.4 is 0 Å². The zero-order valence-corrected chi connectivity index (χ0v) is 39.9. The average molecular weight is 851 g/mol. The smallest absolute Gasteiger partial charge is 0.306 e. The summed E-state index contributed by atoms with van der Waals surface area (Å²) in [5.41, 5.74) is 0. The van der Waals surface area contributed by atoms with Gasteiger partial charge in [-0.1, -0.05) is 209 Å². The third-order valence-corrected chi connectivity index (χ3v) is 10.7. The molecule has 0 unspecified atom stereocenters. The fraction of sp³-hybridized carbons (Fsp3) is 0.727. The lowest BCUT2D eigenvalue weighted by Gasteiger charge is -2.18. The zero-order valence-electron chi connectivity index (χ0n) is 39.9. The molecule has 6 heteroatoms. The molecule has 61 heavy (non-hydrogen) atoms. The van der Waals surface area contributed by atoms with Crippen molar-refractivity contribution in [3.63, 3.8) is 0 Å². The lowest BCUT2D eigenvalue weighted by Crippen LogP contribution is -2.30. The number of ether oxygens (including phenoxy) is 3. The maximum atomic E-state index is 12.8. The van der Waals surface area contributed by atoms with Crippen LogP contribution in [0.25, 0.3) is 0 Å². The van der Waals surface area contributed by atoms with Gasteiger partial charge in [0.15, 0.2) is 6.10 Å². The van der Waals surface area contributed by atoms with E-state index in [0.717, 1.165) is 96.3 Å². The molecule has 0 bridgehead atoms. The van der Waals surface area contributed by atoms with Gasteiger partial charge in [-0.3, -0.25) is 14.4 Å². The van der Waals surface area contributed by atoms with Gasteiger partial charge in [0, 0.05) is 19.3 Å². The molecule has 6 nitrogen and oxygen atoms in total. The van der Waals surface area contributed by atoms with Gasteiger partial charge in [-0.05, 0) is 83.5 Å². The van der Waals surface area contributed by atoms with E-state index in [-0.39, 0.29) is 37.5 Å². The van der Waals surface area contributed by atoms with E-state index >= 15 is 0 Å². The number of unbranched alkanes of at least 4 members (excludes halogenated alkanes) is 22. The summed E-state index contributed by atoms with van der Waals surface area (Å²) < 4.78 is 16.7. The summed E-state index contributed by atoms with van der Waals surface area (Å²) in [4.78, 5) is 37.9. The number of allylic oxidation sites excluding steroid dienone is 12. The highest BCUT2D eigenvalue weighted by molar-refractivity contribution is 5.71. The molecule has 0 fully saturated rings. The Bertz CT molecular complexity index is 1160.